The number of rotatable bonds is 2. The molecule has 0 bridgehead atoms. The van der Waals surface area contributed by atoms with Crippen LogP contribution in [-0.2, 0) is 9.47 Å². The minimum absolute atomic E-state index is 0.113. The molecule has 2 fully saturated rings. The summed E-state index contributed by atoms with van der Waals surface area (Å²) >= 11 is 0. The molecule has 0 amide bonds. The molecule has 2 aliphatic rings. The Labute approximate surface area is 113 Å². The SMILES string of the molecule is CC(C)c1c(N)nnn1C1CCOC2(CCOC2)C1. The van der Waals surface area contributed by atoms with Crippen molar-refractivity contribution < 1.29 is 9.47 Å². The Balaban J connectivity index is 1.86. The van der Waals surface area contributed by atoms with E-state index in [2.05, 4.69) is 24.2 Å². The zero-order chi connectivity index (χ0) is 13.5. The van der Waals surface area contributed by atoms with E-state index in [-0.39, 0.29) is 5.60 Å². The molecule has 6 nitrogen and oxygen atoms in total. The summed E-state index contributed by atoms with van der Waals surface area (Å²) in [5.41, 5.74) is 6.87. The van der Waals surface area contributed by atoms with Crippen molar-refractivity contribution in [3.8, 4) is 0 Å². The van der Waals surface area contributed by atoms with E-state index in [4.69, 9.17) is 15.2 Å². The van der Waals surface area contributed by atoms with E-state index in [9.17, 15) is 0 Å². The van der Waals surface area contributed by atoms with Gasteiger partial charge in [0, 0.05) is 26.1 Å². The molecular weight excluding hydrogens is 244 g/mol. The van der Waals surface area contributed by atoms with Gasteiger partial charge in [-0.3, -0.25) is 0 Å². The lowest BCUT2D eigenvalue weighted by atomic mass is 9.89. The van der Waals surface area contributed by atoms with Gasteiger partial charge in [-0.1, -0.05) is 19.1 Å². The number of nitrogen functional groups attached to an aromatic ring is 1. The summed E-state index contributed by atoms with van der Waals surface area (Å²) in [4.78, 5) is 0. The van der Waals surface area contributed by atoms with Crippen molar-refractivity contribution in [1.82, 2.24) is 15.0 Å². The lowest BCUT2D eigenvalue weighted by molar-refractivity contribution is -0.0967. The molecule has 106 valence electrons. The van der Waals surface area contributed by atoms with Crippen LogP contribution < -0.4 is 5.73 Å². The van der Waals surface area contributed by atoms with Crippen LogP contribution in [0.2, 0.25) is 0 Å². The van der Waals surface area contributed by atoms with Crippen molar-refractivity contribution in [1.29, 1.82) is 0 Å². The van der Waals surface area contributed by atoms with Gasteiger partial charge in [0.1, 0.15) is 0 Å². The third-order valence-corrected chi connectivity index (χ3v) is 4.18. The van der Waals surface area contributed by atoms with E-state index >= 15 is 0 Å². The van der Waals surface area contributed by atoms with E-state index in [1.165, 1.54) is 0 Å². The highest BCUT2D eigenvalue weighted by Gasteiger charge is 2.42. The second-order valence-corrected chi connectivity index (χ2v) is 5.94. The van der Waals surface area contributed by atoms with Gasteiger partial charge in [0.25, 0.3) is 0 Å². The Morgan fingerprint density at radius 3 is 2.95 bits per heavy atom. The van der Waals surface area contributed by atoms with Crippen molar-refractivity contribution >= 4 is 5.82 Å². The maximum absolute atomic E-state index is 5.97. The van der Waals surface area contributed by atoms with E-state index in [1.807, 2.05) is 4.68 Å². The molecule has 2 N–H and O–H groups in total. The molecule has 3 heterocycles. The number of nitrogens with zero attached hydrogens (tertiary/aromatic N) is 3. The van der Waals surface area contributed by atoms with Gasteiger partial charge < -0.3 is 15.2 Å². The Morgan fingerprint density at radius 1 is 1.42 bits per heavy atom. The predicted molar refractivity (Wildman–Crippen MR) is 70.9 cm³/mol. The molecule has 3 rings (SSSR count). The van der Waals surface area contributed by atoms with E-state index < -0.39 is 0 Å². The largest absolute Gasteiger partial charge is 0.381 e. The maximum atomic E-state index is 5.97. The second kappa shape index (κ2) is 4.76. The van der Waals surface area contributed by atoms with Gasteiger partial charge in [0.05, 0.1) is 23.9 Å². The fraction of sp³-hybridized carbons (Fsp3) is 0.846. The van der Waals surface area contributed by atoms with Crippen LogP contribution in [0.1, 0.15) is 50.8 Å². The molecule has 6 heteroatoms. The molecule has 2 saturated heterocycles. The predicted octanol–water partition coefficient (Wildman–Crippen LogP) is 1.49. The standard InChI is InChI=1S/C13H22N4O2/c1-9(2)11-12(14)15-16-17(11)10-3-5-19-13(7-10)4-6-18-8-13/h9-10H,3-8,14H2,1-2H3. The summed E-state index contributed by atoms with van der Waals surface area (Å²) in [5, 5.41) is 8.31. The first-order chi connectivity index (χ1) is 9.11. The van der Waals surface area contributed by atoms with Crippen molar-refractivity contribution in [3.05, 3.63) is 5.69 Å². The lowest BCUT2D eigenvalue weighted by Crippen LogP contribution is -2.41. The van der Waals surface area contributed by atoms with Crippen molar-refractivity contribution in [2.45, 2.75) is 50.7 Å². The number of aromatic nitrogens is 3. The van der Waals surface area contributed by atoms with Crippen molar-refractivity contribution in [3.63, 3.8) is 0 Å². The molecule has 2 aliphatic heterocycles. The highest BCUT2D eigenvalue weighted by atomic mass is 16.6. The van der Waals surface area contributed by atoms with E-state index in [0.717, 1.165) is 38.2 Å². The molecule has 2 atom stereocenters. The number of anilines is 1. The van der Waals surface area contributed by atoms with Gasteiger partial charge in [0.2, 0.25) is 0 Å². The average molecular weight is 266 g/mol. The van der Waals surface area contributed by atoms with Crippen LogP contribution in [0.4, 0.5) is 5.82 Å². The van der Waals surface area contributed by atoms with Crippen LogP contribution in [-0.4, -0.2) is 40.4 Å². The van der Waals surface area contributed by atoms with Gasteiger partial charge in [-0.25, -0.2) is 4.68 Å². The molecule has 19 heavy (non-hydrogen) atoms. The highest BCUT2D eigenvalue weighted by Crippen LogP contribution is 2.39. The molecule has 1 aromatic rings. The Morgan fingerprint density at radius 2 is 2.26 bits per heavy atom. The van der Waals surface area contributed by atoms with Gasteiger partial charge in [0.15, 0.2) is 5.82 Å². The van der Waals surface area contributed by atoms with Gasteiger partial charge in [-0.15, -0.1) is 5.10 Å². The fourth-order valence-electron chi connectivity index (χ4n) is 3.22. The Bertz CT molecular complexity index is 451. The third kappa shape index (κ3) is 2.23. The summed E-state index contributed by atoms with van der Waals surface area (Å²) in [6.07, 6.45) is 2.88. The summed E-state index contributed by atoms with van der Waals surface area (Å²) in [5.74, 6) is 0.881. The first-order valence-corrected chi connectivity index (χ1v) is 7.03. The van der Waals surface area contributed by atoms with Crippen LogP contribution >= 0.6 is 0 Å². The van der Waals surface area contributed by atoms with Crippen molar-refractivity contribution in [2.75, 3.05) is 25.6 Å². The molecular formula is C13H22N4O2. The Hall–Kier alpha value is -1.14. The fourth-order valence-corrected chi connectivity index (χ4v) is 3.22. The summed E-state index contributed by atoms with van der Waals surface area (Å²) in [6.45, 7) is 6.50. The lowest BCUT2D eigenvalue weighted by Gasteiger charge is -2.37. The number of hydrogen-bond donors (Lipinski definition) is 1. The Kier molecular flexibility index (Phi) is 3.22. The molecule has 1 spiro atoms. The van der Waals surface area contributed by atoms with Gasteiger partial charge in [-0.2, -0.15) is 0 Å². The van der Waals surface area contributed by atoms with Crippen molar-refractivity contribution in [2.24, 2.45) is 0 Å². The molecule has 0 saturated carbocycles. The first-order valence-electron chi connectivity index (χ1n) is 7.03. The topological polar surface area (TPSA) is 75.2 Å². The highest BCUT2D eigenvalue weighted by molar-refractivity contribution is 5.35. The number of ether oxygens (including phenoxy) is 2. The third-order valence-electron chi connectivity index (χ3n) is 4.18. The minimum atomic E-state index is -0.113. The van der Waals surface area contributed by atoms with Gasteiger partial charge in [-0.05, 0) is 12.3 Å². The van der Waals surface area contributed by atoms with E-state index in [1.54, 1.807) is 0 Å². The molecule has 2 unspecified atom stereocenters. The summed E-state index contributed by atoms with van der Waals surface area (Å²) in [6, 6.07) is 0.317. The number of nitrogens with two attached hydrogens (primary N) is 1. The zero-order valence-electron chi connectivity index (χ0n) is 11.6. The minimum Gasteiger partial charge on any atom is -0.381 e. The first kappa shape index (κ1) is 12.9. The average Bonchev–Trinajstić information content (AvgIpc) is 2.96. The second-order valence-electron chi connectivity index (χ2n) is 5.94. The van der Waals surface area contributed by atoms with E-state index in [0.29, 0.717) is 24.4 Å². The van der Waals surface area contributed by atoms with Crippen LogP contribution in [0.15, 0.2) is 0 Å². The molecule has 1 aromatic heterocycles. The maximum Gasteiger partial charge on any atom is 0.169 e. The normalized spacial score (nSPS) is 31.4. The summed E-state index contributed by atoms with van der Waals surface area (Å²) in [7, 11) is 0. The molecule has 0 aromatic carbocycles. The molecule has 0 aliphatic carbocycles. The molecule has 0 radical (unpaired) electrons. The monoisotopic (exact) mass is 266 g/mol. The summed E-state index contributed by atoms with van der Waals surface area (Å²) < 4.78 is 13.5. The van der Waals surface area contributed by atoms with Crippen LogP contribution in [0.25, 0.3) is 0 Å². The van der Waals surface area contributed by atoms with Crippen LogP contribution in [0, 0.1) is 0 Å². The number of hydrogen-bond acceptors (Lipinski definition) is 5. The van der Waals surface area contributed by atoms with Gasteiger partial charge >= 0.3 is 0 Å². The van der Waals surface area contributed by atoms with Crippen LogP contribution in [0.5, 0.6) is 0 Å². The van der Waals surface area contributed by atoms with Crippen LogP contribution in [0.3, 0.4) is 0 Å². The smallest absolute Gasteiger partial charge is 0.169 e. The zero-order valence-corrected chi connectivity index (χ0v) is 11.6. The quantitative estimate of drug-likeness (QED) is 0.877.